The molecule has 4 heteroatoms. The summed E-state index contributed by atoms with van der Waals surface area (Å²) in [5, 5.41) is 4.13. The fourth-order valence-corrected chi connectivity index (χ4v) is 3.12. The minimum atomic E-state index is -0.269. The Morgan fingerprint density at radius 1 is 0.833 bits per heavy atom. The molecule has 0 fully saturated rings. The molecule has 0 bridgehead atoms. The molecule has 3 aromatic rings. The summed E-state index contributed by atoms with van der Waals surface area (Å²) in [6.45, 7) is 0. The van der Waals surface area contributed by atoms with Gasteiger partial charge in [0.25, 0.3) is 5.91 Å². The first kappa shape index (κ1) is 14.8. The zero-order valence-corrected chi connectivity index (χ0v) is 13.6. The number of nitrogens with zero attached hydrogens (tertiary/aromatic N) is 1. The van der Waals surface area contributed by atoms with Crippen LogP contribution in [-0.4, -0.2) is 5.91 Å². The number of carbonyl (C=O) groups excluding carboxylic acids is 1. The standard InChI is InChI=1S/C20H15ClN2O/c21-15-10-12-16(13-11-15)23-19(14-6-2-1-3-7-14)22-18-9-5-4-8-17(18)20(23)24/h1-13,19,22H/t19-/m1/s1. The maximum absolute atomic E-state index is 13.1. The number of rotatable bonds is 2. The van der Waals surface area contributed by atoms with Gasteiger partial charge in [0.2, 0.25) is 0 Å². The van der Waals surface area contributed by atoms with Crippen LogP contribution in [0.15, 0.2) is 78.9 Å². The Morgan fingerprint density at radius 3 is 2.25 bits per heavy atom. The molecule has 1 N–H and O–H groups in total. The van der Waals surface area contributed by atoms with Gasteiger partial charge < -0.3 is 5.32 Å². The lowest BCUT2D eigenvalue weighted by molar-refractivity contribution is 0.0975. The van der Waals surface area contributed by atoms with Crippen LogP contribution in [0.3, 0.4) is 0 Å². The van der Waals surface area contributed by atoms with Crippen molar-refractivity contribution >= 4 is 28.9 Å². The fourth-order valence-electron chi connectivity index (χ4n) is 2.99. The first-order valence-electron chi connectivity index (χ1n) is 7.74. The van der Waals surface area contributed by atoms with E-state index in [1.54, 1.807) is 17.0 Å². The van der Waals surface area contributed by atoms with E-state index in [-0.39, 0.29) is 12.1 Å². The van der Waals surface area contributed by atoms with Gasteiger partial charge in [-0.3, -0.25) is 9.69 Å². The fraction of sp³-hybridized carbons (Fsp3) is 0.0500. The highest BCUT2D eigenvalue weighted by Crippen LogP contribution is 2.36. The third-order valence-corrected chi connectivity index (χ3v) is 4.40. The first-order chi connectivity index (χ1) is 11.7. The van der Waals surface area contributed by atoms with Gasteiger partial charge in [0, 0.05) is 16.4 Å². The van der Waals surface area contributed by atoms with Gasteiger partial charge in [-0.25, -0.2) is 0 Å². The van der Waals surface area contributed by atoms with Crippen molar-refractivity contribution in [2.24, 2.45) is 0 Å². The van der Waals surface area contributed by atoms with Crippen molar-refractivity contribution in [2.45, 2.75) is 6.17 Å². The van der Waals surface area contributed by atoms with Crippen molar-refractivity contribution in [3.05, 3.63) is 95.0 Å². The third kappa shape index (κ3) is 2.53. The summed E-state index contributed by atoms with van der Waals surface area (Å²) in [4.78, 5) is 14.9. The van der Waals surface area contributed by atoms with Crippen molar-refractivity contribution in [3.63, 3.8) is 0 Å². The molecule has 4 rings (SSSR count). The lowest BCUT2D eigenvalue weighted by Crippen LogP contribution is -2.43. The summed E-state index contributed by atoms with van der Waals surface area (Å²) in [7, 11) is 0. The van der Waals surface area contributed by atoms with Crippen LogP contribution < -0.4 is 10.2 Å². The van der Waals surface area contributed by atoms with Crippen molar-refractivity contribution in [1.82, 2.24) is 0 Å². The summed E-state index contributed by atoms with van der Waals surface area (Å²) in [6, 6.07) is 24.9. The van der Waals surface area contributed by atoms with E-state index in [0.717, 1.165) is 16.9 Å². The van der Waals surface area contributed by atoms with Gasteiger partial charge in [-0.05, 0) is 42.0 Å². The summed E-state index contributed by atoms with van der Waals surface area (Å²) in [6.07, 6.45) is -0.269. The number of halogens is 1. The lowest BCUT2D eigenvalue weighted by atomic mass is 10.0. The molecule has 3 nitrogen and oxygen atoms in total. The molecule has 24 heavy (non-hydrogen) atoms. The highest BCUT2D eigenvalue weighted by Gasteiger charge is 2.33. The number of nitrogens with one attached hydrogen (secondary N) is 1. The molecule has 1 atom stereocenters. The van der Waals surface area contributed by atoms with E-state index in [4.69, 9.17) is 11.6 Å². The van der Waals surface area contributed by atoms with E-state index >= 15 is 0 Å². The van der Waals surface area contributed by atoms with Crippen molar-refractivity contribution in [2.75, 3.05) is 10.2 Å². The zero-order valence-electron chi connectivity index (χ0n) is 12.8. The molecular formula is C20H15ClN2O. The van der Waals surface area contributed by atoms with E-state index in [9.17, 15) is 4.79 Å². The molecule has 0 saturated heterocycles. The molecule has 0 aliphatic carbocycles. The van der Waals surface area contributed by atoms with Crippen LogP contribution in [0.2, 0.25) is 5.02 Å². The number of para-hydroxylation sites is 1. The molecule has 0 saturated carbocycles. The number of benzene rings is 3. The van der Waals surface area contributed by atoms with Crippen LogP contribution in [0, 0.1) is 0 Å². The van der Waals surface area contributed by atoms with Crippen LogP contribution in [0.25, 0.3) is 0 Å². The van der Waals surface area contributed by atoms with Gasteiger partial charge in [-0.2, -0.15) is 0 Å². The zero-order chi connectivity index (χ0) is 16.5. The number of hydrogen-bond acceptors (Lipinski definition) is 2. The van der Waals surface area contributed by atoms with Crippen molar-refractivity contribution < 1.29 is 4.79 Å². The molecule has 118 valence electrons. The minimum absolute atomic E-state index is 0.0273. The highest BCUT2D eigenvalue weighted by molar-refractivity contribution is 6.30. The van der Waals surface area contributed by atoms with Gasteiger partial charge in [-0.15, -0.1) is 0 Å². The molecule has 3 aromatic carbocycles. The second kappa shape index (κ2) is 6.02. The molecule has 0 radical (unpaired) electrons. The molecule has 1 aliphatic heterocycles. The predicted octanol–water partition coefficient (Wildman–Crippen LogP) is 5.11. The topological polar surface area (TPSA) is 32.3 Å². The second-order valence-electron chi connectivity index (χ2n) is 5.65. The van der Waals surface area contributed by atoms with Gasteiger partial charge in [0.05, 0.1) is 5.56 Å². The Bertz CT molecular complexity index is 878. The SMILES string of the molecule is O=C1c2ccccc2N[C@@H](c2ccccc2)N1c1ccc(Cl)cc1. The number of anilines is 2. The summed E-state index contributed by atoms with van der Waals surface area (Å²) in [5.41, 5.74) is 3.34. The Labute approximate surface area is 145 Å². The lowest BCUT2D eigenvalue weighted by Gasteiger charge is -2.38. The van der Waals surface area contributed by atoms with E-state index < -0.39 is 0 Å². The molecule has 1 amide bonds. The van der Waals surface area contributed by atoms with Crippen LogP contribution in [0.1, 0.15) is 22.1 Å². The largest absolute Gasteiger partial charge is 0.360 e. The van der Waals surface area contributed by atoms with Crippen LogP contribution in [-0.2, 0) is 0 Å². The summed E-state index contributed by atoms with van der Waals surface area (Å²) < 4.78 is 0. The number of carbonyl (C=O) groups is 1. The van der Waals surface area contributed by atoms with Crippen LogP contribution in [0.5, 0.6) is 0 Å². The van der Waals surface area contributed by atoms with Crippen LogP contribution >= 0.6 is 11.6 Å². The van der Waals surface area contributed by atoms with Gasteiger partial charge >= 0.3 is 0 Å². The van der Waals surface area contributed by atoms with Crippen molar-refractivity contribution in [3.8, 4) is 0 Å². The Morgan fingerprint density at radius 2 is 1.50 bits per heavy atom. The maximum Gasteiger partial charge on any atom is 0.262 e. The highest BCUT2D eigenvalue weighted by atomic mass is 35.5. The molecule has 0 unspecified atom stereocenters. The Balaban J connectivity index is 1.86. The minimum Gasteiger partial charge on any atom is -0.360 e. The normalized spacial score (nSPS) is 16.5. The Kier molecular flexibility index (Phi) is 3.71. The van der Waals surface area contributed by atoms with E-state index in [2.05, 4.69) is 5.32 Å². The first-order valence-corrected chi connectivity index (χ1v) is 8.11. The number of fused-ring (bicyclic) bond motifs is 1. The molecule has 1 aliphatic rings. The van der Waals surface area contributed by atoms with Gasteiger partial charge in [0.1, 0.15) is 6.17 Å². The number of hydrogen-bond donors (Lipinski definition) is 1. The van der Waals surface area contributed by atoms with E-state index in [1.165, 1.54) is 0 Å². The molecule has 0 aromatic heterocycles. The molecule has 0 spiro atoms. The van der Waals surface area contributed by atoms with Gasteiger partial charge in [0.15, 0.2) is 0 Å². The average Bonchev–Trinajstić information content (AvgIpc) is 2.63. The quantitative estimate of drug-likeness (QED) is 0.706. The maximum atomic E-state index is 13.1. The molecular weight excluding hydrogens is 320 g/mol. The van der Waals surface area contributed by atoms with E-state index in [0.29, 0.717) is 10.6 Å². The predicted molar refractivity (Wildman–Crippen MR) is 97.5 cm³/mol. The van der Waals surface area contributed by atoms with Gasteiger partial charge in [-0.1, -0.05) is 54.1 Å². The third-order valence-electron chi connectivity index (χ3n) is 4.15. The van der Waals surface area contributed by atoms with Crippen LogP contribution in [0.4, 0.5) is 11.4 Å². The summed E-state index contributed by atoms with van der Waals surface area (Å²) in [5.74, 6) is -0.0273. The average molecular weight is 335 g/mol. The Hall–Kier alpha value is -2.78. The summed E-state index contributed by atoms with van der Waals surface area (Å²) >= 11 is 6.00. The number of amides is 1. The second-order valence-corrected chi connectivity index (χ2v) is 6.09. The van der Waals surface area contributed by atoms with Crippen molar-refractivity contribution in [1.29, 1.82) is 0 Å². The monoisotopic (exact) mass is 334 g/mol. The smallest absolute Gasteiger partial charge is 0.262 e. The van der Waals surface area contributed by atoms with E-state index in [1.807, 2.05) is 66.7 Å². The molecule has 1 heterocycles.